The monoisotopic (exact) mass is 500 g/mol. The van der Waals surface area contributed by atoms with Gasteiger partial charge in [-0.25, -0.2) is 4.79 Å². The topological polar surface area (TPSA) is 122 Å². The lowest BCUT2D eigenvalue weighted by Crippen LogP contribution is -2.17. The molecule has 2 aromatic rings. The molecule has 9 heteroatoms. The Labute approximate surface area is 212 Å². The summed E-state index contributed by atoms with van der Waals surface area (Å²) in [5.74, 6) is 0.410. The van der Waals surface area contributed by atoms with Crippen molar-refractivity contribution >= 4 is 17.5 Å². The van der Waals surface area contributed by atoms with Crippen LogP contribution < -0.4 is 9.47 Å². The molecule has 0 spiro atoms. The number of ether oxygens (including phenoxy) is 2. The number of carbonyl (C=O) groups is 1. The first-order valence-corrected chi connectivity index (χ1v) is 12.7. The summed E-state index contributed by atoms with van der Waals surface area (Å²) >= 11 is 0. The van der Waals surface area contributed by atoms with Gasteiger partial charge in [-0.2, -0.15) is 0 Å². The molecule has 0 fully saturated rings. The molecule has 0 heterocycles. The molecule has 0 aliphatic heterocycles. The van der Waals surface area contributed by atoms with Gasteiger partial charge in [-0.05, 0) is 49.7 Å². The molecule has 0 saturated carbocycles. The number of nitro groups is 2. The molecule has 0 aliphatic carbocycles. The van der Waals surface area contributed by atoms with Gasteiger partial charge in [-0.15, -0.1) is 0 Å². The van der Waals surface area contributed by atoms with Crippen molar-refractivity contribution in [2.45, 2.75) is 90.9 Å². The number of hydrogen-bond acceptors (Lipinski definition) is 7. The van der Waals surface area contributed by atoms with Gasteiger partial charge >= 0.3 is 6.16 Å². The molecular formula is C27H36N2O7. The number of nitrogens with zero attached hydrogens (tertiary/aromatic N) is 2. The summed E-state index contributed by atoms with van der Waals surface area (Å²) in [6, 6.07) is 8.37. The average Bonchev–Trinajstić information content (AvgIpc) is 2.86. The highest BCUT2D eigenvalue weighted by atomic mass is 16.7. The van der Waals surface area contributed by atoms with E-state index in [4.69, 9.17) is 9.47 Å². The molecule has 0 bridgehead atoms. The summed E-state index contributed by atoms with van der Waals surface area (Å²) in [4.78, 5) is 34.6. The standard InChI is InChI=1S/C27H36N2O7/c1-5-9-11-19(7-3)23-17-21(28(31)32)13-15-25(23)35-27(30)36-26-16-14-22(29(33)34)18-24(26)20(8-4)12-10-6-2/h13-20H,5-12H2,1-4H3. The Morgan fingerprint density at radius 3 is 1.44 bits per heavy atom. The van der Waals surface area contributed by atoms with E-state index < -0.39 is 16.0 Å². The van der Waals surface area contributed by atoms with E-state index in [9.17, 15) is 25.0 Å². The minimum Gasteiger partial charge on any atom is -0.394 e. The molecule has 0 radical (unpaired) electrons. The minimum atomic E-state index is -0.990. The number of non-ortho nitro benzene ring substituents is 2. The Morgan fingerprint density at radius 2 is 1.14 bits per heavy atom. The fraction of sp³-hybridized carbons (Fsp3) is 0.519. The quantitative estimate of drug-likeness (QED) is 0.110. The van der Waals surface area contributed by atoms with E-state index in [2.05, 4.69) is 13.8 Å². The number of benzene rings is 2. The molecule has 0 aromatic heterocycles. The average molecular weight is 501 g/mol. The van der Waals surface area contributed by atoms with Gasteiger partial charge in [-0.3, -0.25) is 20.2 Å². The van der Waals surface area contributed by atoms with E-state index in [-0.39, 0.29) is 34.7 Å². The number of nitro benzene ring substituents is 2. The number of carbonyl (C=O) groups excluding carboxylic acids is 1. The second-order valence-electron chi connectivity index (χ2n) is 8.91. The number of rotatable bonds is 14. The third-order valence-electron chi connectivity index (χ3n) is 6.47. The maximum absolute atomic E-state index is 12.9. The summed E-state index contributed by atoms with van der Waals surface area (Å²) in [6.45, 7) is 8.12. The first-order chi connectivity index (χ1) is 17.2. The Bertz CT molecular complexity index is 973. The molecule has 0 aliphatic rings. The first-order valence-electron chi connectivity index (χ1n) is 12.7. The Hall–Kier alpha value is -3.49. The van der Waals surface area contributed by atoms with E-state index >= 15 is 0 Å². The van der Waals surface area contributed by atoms with Crippen LogP contribution in [0.3, 0.4) is 0 Å². The third-order valence-corrected chi connectivity index (χ3v) is 6.47. The molecular weight excluding hydrogens is 464 g/mol. The van der Waals surface area contributed by atoms with Crippen LogP contribution in [0.25, 0.3) is 0 Å². The van der Waals surface area contributed by atoms with Crippen molar-refractivity contribution in [3.05, 3.63) is 67.8 Å². The van der Waals surface area contributed by atoms with Crippen LogP contribution in [0.5, 0.6) is 11.5 Å². The summed E-state index contributed by atoms with van der Waals surface area (Å²) in [6.07, 6.45) is 5.91. The van der Waals surface area contributed by atoms with E-state index in [0.717, 1.165) is 51.4 Å². The highest BCUT2D eigenvalue weighted by Crippen LogP contribution is 2.38. The van der Waals surface area contributed by atoms with Crippen molar-refractivity contribution in [1.82, 2.24) is 0 Å². The van der Waals surface area contributed by atoms with Gasteiger partial charge < -0.3 is 9.47 Å². The lowest BCUT2D eigenvalue weighted by molar-refractivity contribution is -0.385. The highest BCUT2D eigenvalue weighted by Gasteiger charge is 2.24. The van der Waals surface area contributed by atoms with Crippen LogP contribution in [0.4, 0.5) is 16.2 Å². The van der Waals surface area contributed by atoms with Gasteiger partial charge in [0.05, 0.1) is 9.85 Å². The van der Waals surface area contributed by atoms with Crippen molar-refractivity contribution in [3.8, 4) is 11.5 Å². The highest BCUT2D eigenvalue weighted by molar-refractivity contribution is 5.69. The molecule has 36 heavy (non-hydrogen) atoms. The fourth-order valence-electron chi connectivity index (χ4n) is 4.38. The molecule has 0 saturated heterocycles. The van der Waals surface area contributed by atoms with E-state index in [1.165, 1.54) is 36.4 Å². The zero-order valence-corrected chi connectivity index (χ0v) is 21.5. The molecule has 0 amide bonds. The summed E-state index contributed by atoms with van der Waals surface area (Å²) in [7, 11) is 0. The lowest BCUT2D eigenvalue weighted by atomic mass is 9.90. The lowest BCUT2D eigenvalue weighted by Gasteiger charge is -2.20. The maximum Gasteiger partial charge on any atom is 0.519 e. The predicted molar refractivity (Wildman–Crippen MR) is 138 cm³/mol. The van der Waals surface area contributed by atoms with E-state index in [1.54, 1.807) is 0 Å². The summed E-state index contributed by atoms with van der Waals surface area (Å²) in [5, 5.41) is 22.7. The first kappa shape index (κ1) is 28.7. The molecule has 2 unspecified atom stereocenters. The normalized spacial score (nSPS) is 12.6. The van der Waals surface area contributed by atoms with Crippen LogP contribution in [-0.2, 0) is 0 Å². The Morgan fingerprint density at radius 1 is 0.750 bits per heavy atom. The van der Waals surface area contributed by atoms with Crippen molar-refractivity contribution < 1.29 is 24.1 Å². The molecule has 9 nitrogen and oxygen atoms in total. The molecule has 0 N–H and O–H groups in total. The molecule has 2 rings (SSSR count). The van der Waals surface area contributed by atoms with Crippen molar-refractivity contribution in [3.63, 3.8) is 0 Å². The van der Waals surface area contributed by atoms with Gasteiger partial charge in [0.25, 0.3) is 11.4 Å². The summed E-state index contributed by atoms with van der Waals surface area (Å²) in [5.41, 5.74) is 1.05. The molecule has 196 valence electrons. The zero-order chi connectivity index (χ0) is 26.7. The van der Waals surface area contributed by atoms with Gasteiger partial charge in [0, 0.05) is 35.4 Å². The molecule has 2 aromatic carbocycles. The van der Waals surface area contributed by atoms with Gasteiger partial charge in [0.1, 0.15) is 11.5 Å². The largest absolute Gasteiger partial charge is 0.519 e. The maximum atomic E-state index is 12.9. The van der Waals surface area contributed by atoms with Gasteiger partial charge in [-0.1, -0.05) is 53.4 Å². The van der Waals surface area contributed by atoms with Crippen molar-refractivity contribution in [2.24, 2.45) is 0 Å². The van der Waals surface area contributed by atoms with Crippen LogP contribution in [0.2, 0.25) is 0 Å². The fourth-order valence-corrected chi connectivity index (χ4v) is 4.38. The predicted octanol–water partition coefficient (Wildman–Crippen LogP) is 8.45. The van der Waals surface area contributed by atoms with Crippen LogP contribution >= 0.6 is 0 Å². The second kappa shape index (κ2) is 14.2. The van der Waals surface area contributed by atoms with Crippen molar-refractivity contribution in [1.29, 1.82) is 0 Å². The second-order valence-corrected chi connectivity index (χ2v) is 8.91. The Kier molecular flexibility index (Phi) is 11.3. The van der Waals surface area contributed by atoms with Crippen LogP contribution in [0.1, 0.15) is 102 Å². The summed E-state index contributed by atoms with van der Waals surface area (Å²) < 4.78 is 11.1. The van der Waals surface area contributed by atoms with Gasteiger partial charge in [0.15, 0.2) is 0 Å². The number of unbranched alkanes of at least 4 members (excludes halogenated alkanes) is 2. The SMILES string of the molecule is CCCCC(CC)c1cc([N+](=O)[O-])ccc1OC(=O)Oc1ccc([N+](=O)[O-])cc1C(CC)CCCC. The van der Waals surface area contributed by atoms with Crippen LogP contribution in [0.15, 0.2) is 36.4 Å². The van der Waals surface area contributed by atoms with Crippen LogP contribution in [0, 0.1) is 20.2 Å². The zero-order valence-electron chi connectivity index (χ0n) is 21.5. The third kappa shape index (κ3) is 7.76. The van der Waals surface area contributed by atoms with E-state index in [1.807, 2.05) is 13.8 Å². The minimum absolute atomic E-state index is 0.0129. The Balaban J connectivity index is 2.38. The van der Waals surface area contributed by atoms with Crippen LogP contribution in [-0.4, -0.2) is 16.0 Å². The van der Waals surface area contributed by atoms with Gasteiger partial charge in [0.2, 0.25) is 0 Å². The smallest absolute Gasteiger partial charge is 0.394 e. The molecule has 2 atom stereocenters. The number of hydrogen-bond donors (Lipinski definition) is 0. The van der Waals surface area contributed by atoms with E-state index in [0.29, 0.717) is 11.1 Å². The van der Waals surface area contributed by atoms with Crippen molar-refractivity contribution in [2.75, 3.05) is 0 Å².